The maximum atomic E-state index is 11.0. The van der Waals surface area contributed by atoms with E-state index in [0.717, 1.165) is 69.7 Å². The third kappa shape index (κ3) is 5.60. The number of nitrogens with one attached hydrogen (secondary N) is 1. The molecule has 0 atom stereocenters. The van der Waals surface area contributed by atoms with Crippen LogP contribution in [0.1, 0.15) is 36.8 Å². The van der Waals surface area contributed by atoms with Gasteiger partial charge in [-0.2, -0.15) is 0 Å². The molecule has 0 saturated carbocycles. The van der Waals surface area contributed by atoms with Crippen molar-refractivity contribution in [1.29, 1.82) is 0 Å². The first-order valence-electron chi connectivity index (χ1n) is 10.2. The molecule has 0 bridgehead atoms. The Hall–Kier alpha value is -1.40. The molecular formula is C23H29BrClN3O. The van der Waals surface area contributed by atoms with Crippen molar-refractivity contribution in [2.24, 2.45) is 4.99 Å². The van der Waals surface area contributed by atoms with Crippen molar-refractivity contribution >= 4 is 40.1 Å². The number of rotatable bonds is 5. The van der Waals surface area contributed by atoms with Gasteiger partial charge in [-0.25, -0.2) is 0 Å². The first kappa shape index (κ1) is 22.3. The molecular weight excluding hydrogens is 450 g/mol. The monoisotopic (exact) mass is 477 g/mol. The highest BCUT2D eigenvalue weighted by Crippen LogP contribution is 2.33. The van der Waals surface area contributed by atoms with Crippen molar-refractivity contribution < 1.29 is 5.11 Å². The highest BCUT2D eigenvalue weighted by Gasteiger charge is 2.33. The van der Waals surface area contributed by atoms with E-state index >= 15 is 0 Å². The second kappa shape index (κ2) is 10.1. The maximum Gasteiger partial charge on any atom is 0.101 e. The van der Waals surface area contributed by atoms with Gasteiger partial charge in [-0.3, -0.25) is 4.99 Å². The summed E-state index contributed by atoms with van der Waals surface area (Å²) in [7, 11) is 0. The van der Waals surface area contributed by atoms with E-state index < -0.39 is 5.60 Å². The molecule has 1 saturated heterocycles. The van der Waals surface area contributed by atoms with E-state index in [9.17, 15) is 5.11 Å². The number of aryl methyl sites for hydroxylation is 1. The van der Waals surface area contributed by atoms with Crippen LogP contribution in [-0.4, -0.2) is 42.0 Å². The summed E-state index contributed by atoms with van der Waals surface area (Å²) >= 11 is 5.97. The summed E-state index contributed by atoms with van der Waals surface area (Å²) in [6.07, 6.45) is 4.64. The first-order valence-corrected chi connectivity index (χ1v) is 10.6. The van der Waals surface area contributed by atoms with E-state index in [1.165, 1.54) is 11.3 Å². The number of benzene rings is 2. The van der Waals surface area contributed by atoms with Crippen molar-refractivity contribution in [3.05, 3.63) is 64.7 Å². The average molecular weight is 479 g/mol. The fourth-order valence-electron chi connectivity index (χ4n) is 4.15. The van der Waals surface area contributed by atoms with Gasteiger partial charge in [-0.05, 0) is 61.6 Å². The topological polar surface area (TPSA) is 47.9 Å². The van der Waals surface area contributed by atoms with Crippen LogP contribution in [0.5, 0.6) is 0 Å². The maximum absolute atomic E-state index is 11.0. The van der Waals surface area contributed by atoms with Gasteiger partial charge in [0.15, 0.2) is 0 Å². The zero-order valence-corrected chi connectivity index (χ0v) is 19.1. The number of fused-ring (bicyclic) bond motifs is 1. The zero-order valence-electron chi connectivity index (χ0n) is 16.6. The lowest BCUT2D eigenvalue weighted by Crippen LogP contribution is -2.43. The van der Waals surface area contributed by atoms with Crippen LogP contribution < -0.4 is 5.32 Å². The standard InChI is InChI=1S/C23H28ClN3O.BrH/c24-20-9-7-19(8-10-20)23(28)12-16-27(17-13-23)15-3-14-25-22-11-6-18-4-1-2-5-21(18)26-22;/h1-2,4-5,7-10,28H,3,6,11-17H2,(H,25,26);1H. The predicted octanol–water partition coefficient (Wildman–Crippen LogP) is 5.05. The third-order valence-corrected chi connectivity index (χ3v) is 6.18. The SMILES string of the molecule is Br.OC1(c2ccc(Cl)cc2)CCN(CCCN=C2CCc3ccccc3N2)CC1. The van der Waals surface area contributed by atoms with Gasteiger partial charge < -0.3 is 15.3 Å². The highest BCUT2D eigenvalue weighted by atomic mass is 79.9. The van der Waals surface area contributed by atoms with Crippen LogP contribution in [0.25, 0.3) is 0 Å². The number of aliphatic hydroxyl groups is 1. The van der Waals surface area contributed by atoms with Crippen LogP contribution >= 0.6 is 28.6 Å². The molecule has 6 heteroatoms. The van der Waals surface area contributed by atoms with E-state index in [-0.39, 0.29) is 17.0 Å². The first-order chi connectivity index (χ1) is 13.6. The Morgan fingerprint density at radius 1 is 1.03 bits per heavy atom. The van der Waals surface area contributed by atoms with Crippen molar-refractivity contribution in [3.63, 3.8) is 0 Å². The minimum atomic E-state index is -0.722. The fraction of sp³-hybridized carbons (Fsp3) is 0.435. The van der Waals surface area contributed by atoms with Gasteiger partial charge in [-0.1, -0.05) is 41.9 Å². The highest BCUT2D eigenvalue weighted by molar-refractivity contribution is 8.93. The van der Waals surface area contributed by atoms with Gasteiger partial charge in [0.1, 0.15) is 5.84 Å². The normalized spacial score (nSPS) is 19.9. The number of aliphatic imine (C=N–C) groups is 1. The molecule has 2 aliphatic rings. The number of likely N-dealkylation sites (tertiary alicyclic amines) is 1. The van der Waals surface area contributed by atoms with E-state index in [0.29, 0.717) is 5.02 Å². The number of hydrogen-bond acceptors (Lipinski definition) is 3. The number of amidine groups is 1. The molecule has 0 spiro atoms. The Bertz CT molecular complexity index is 832. The number of anilines is 1. The molecule has 2 aromatic rings. The summed E-state index contributed by atoms with van der Waals surface area (Å²) in [6.45, 7) is 3.72. The molecule has 29 heavy (non-hydrogen) atoms. The van der Waals surface area contributed by atoms with E-state index in [1.807, 2.05) is 24.3 Å². The molecule has 0 aromatic heterocycles. The van der Waals surface area contributed by atoms with Crippen LogP contribution in [0.3, 0.4) is 0 Å². The van der Waals surface area contributed by atoms with E-state index in [1.54, 1.807) is 0 Å². The lowest BCUT2D eigenvalue weighted by Gasteiger charge is -2.38. The zero-order chi connectivity index (χ0) is 19.4. The van der Waals surface area contributed by atoms with Crippen LogP contribution in [0.4, 0.5) is 5.69 Å². The van der Waals surface area contributed by atoms with E-state index in [2.05, 4.69) is 34.5 Å². The molecule has 2 heterocycles. The number of nitrogens with zero attached hydrogens (tertiary/aromatic N) is 2. The Balaban J connectivity index is 0.00000240. The number of halogens is 2. The Morgan fingerprint density at radius 2 is 1.76 bits per heavy atom. The minimum Gasteiger partial charge on any atom is -0.385 e. The number of piperidine rings is 1. The van der Waals surface area contributed by atoms with Crippen molar-refractivity contribution in [1.82, 2.24) is 4.90 Å². The molecule has 2 aliphatic heterocycles. The van der Waals surface area contributed by atoms with Gasteiger partial charge >= 0.3 is 0 Å². The molecule has 0 aliphatic carbocycles. The largest absolute Gasteiger partial charge is 0.385 e. The molecule has 0 amide bonds. The van der Waals surface area contributed by atoms with Crippen LogP contribution in [0.15, 0.2) is 53.5 Å². The van der Waals surface area contributed by atoms with Crippen molar-refractivity contribution in [2.75, 3.05) is 31.5 Å². The average Bonchev–Trinajstić information content (AvgIpc) is 2.73. The summed E-state index contributed by atoms with van der Waals surface area (Å²) in [6, 6.07) is 16.1. The summed E-state index contributed by atoms with van der Waals surface area (Å²) in [5.41, 5.74) is 2.83. The van der Waals surface area contributed by atoms with Gasteiger partial charge in [0, 0.05) is 36.8 Å². The predicted molar refractivity (Wildman–Crippen MR) is 127 cm³/mol. The van der Waals surface area contributed by atoms with Gasteiger partial charge in [0.25, 0.3) is 0 Å². The molecule has 1 fully saturated rings. The minimum absolute atomic E-state index is 0. The Kier molecular flexibility index (Phi) is 7.74. The second-order valence-electron chi connectivity index (χ2n) is 7.84. The summed E-state index contributed by atoms with van der Waals surface area (Å²) in [5.74, 6) is 1.11. The van der Waals surface area contributed by atoms with Crippen LogP contribution in [-0.2, 0) is 12.0 Å². The third-order valence-electron chi connectivity index (χ3n) is 5.93. The Labute approximate surface area is 188 Å². The van der Waals surface area contributed by atoms with Crippen LogP contribution in [0, 0.1) is 0 Å². The summed E-state index contributed by atoms with van der Waals surface area (Å²) in [5, 5.41) is 15.1. The van der Waals surface area contributed by atoms with Gasteiger partial charge in [0.2, 0.25) is 0 Å². The van der Waals surface area contributed by atoms with Crippen molar-refractivity contribution in [3.8, 4) is 0 Å². The molecule has 156 valence electrons. The van der Waals surface area contributed by atoms with Gasteiger partial charge in [-0.15, -0.1) is 17.0 Å². The number of hydrogen-bond donors (Lipinski definition) is 2. The number of para-hydroxylation sites is 1. The molecule has 4 nitrogen and oxygen atoms in total. The summed E-state index contributed by atoms with van der Waals surface area (Å²) < 4.78 is 0. The second-order valence-corrected chi connectivity index (χ2v) is 8.28. The lowest BCUT2D eigenvalue weighted by molar-refractivity contribution is -0.0258. The van der Waals surface area contributed by atoms with Crippen LogP contribution in [0.2, 0.25) is 5.02 Å². The smallest absolute Gasteiger partial charge is 0.101 e. The Morgan fingerprint density at radius 3 is 2.52 bits per heavy atom. The quantitative estimate of drug-likeness (QED) is 0.591. The summed E-state index contributed by atoms with van der Waals surface area (Å²) in [4.78, 5) is 7.21. The van der Waals surface area contributed by atoms with Crippen molar-refractivity contribution in [2.45, 2.75) is 37.7 Å². The molecule has 2 aromatic carbocycles. The molecule has 2 N–H and O–H groups in total. The molecule has 0 radical (unpaired) electrons. The molecule has 0 unspecified atom stereocenters. The van der Waals surface area contributed by atoms with Gasteiger partial charge in [0.05, 0.1) is 5.60 Å². The van der Waals surface area contributed by atoms with E-state index in [4.69, 9.17) is 16.6 Å². The molecule has 4 rings (SSSR count). The lowest BCUT2D eigenvalue weighted by atomic mass is 9.84. The fourth-order valence-corrected chi connectivity index (χ4v) is 4.28.